The summed E-state index contributed by atoms with van der Waals surface area (Å²) in [5.74, 6) is -0.361. The van der Waals surface area contributed by atoms with E-state index in [2.05, 4.69) is 5.10 Å². The smallest absolute Gasteiger partial charge is 0.312 e. The van der Waals surface area contributed by atoms with Gasteiger partial charge in [0.25, 0.3) is 5.56 Å². The van der Waals surface area contributed by atoms with Crippen molar-refractivity contribution in [3.8, 4) is 0 Å². The fourth-order valence-electron chi connectivity index (χ4n) is 2.81. The summed E-state index contributed by atoms with van der Waals surface area (Å²) < 4.78 is 6.83. The second-order valence-electron chi connectivity index (χ2n) is 7.20. The zero-order valence-electron chi connectivity index (χ0n) is 15.2. The van der Waals surface area contributed by atoms with Crippen LogP contribution in [0.1, 0.15) is 32.0 Å². The monoisotopic (exact) mass is 350 g/mol. The Labute approximate surface area is 152 Å². The Morgan fingerprint density at radius 1 is 1.00 bits per heavy atom. The van der Waals surface area contributed by atoms with Crippen molar-refractivity contribution in [1.29, 1.82) is 0 Å². The summed E-state index contributed by atoms with van der Waals surface area (Å²) in [5.41, 5.74) is 0.786. The van der Waals surface area contributed by atoms with E-state index in [1.54, 1.807) is 6.07 Å². The molecule has 3 rings (SSSR count). The van der Waals surface area contributed by atoms with Gasteiger partial charge >= 0.3 is 5.97 Å². The molecule has 0 atom stereocenters. The molecule has 0 spiro atoms. The van der Waals surface area contributed by atoms with E-state index in [9.17, 15) is 9.59 Å². The van der Waals surface area contributed by atoms with Crippen LogP contribution in [0.3, 0.4) is 0 Å². The van der Waals surface area contributed by atoms with Crippen molar-refractivity contribution < 1.29 is 9.53 Å². The minimum Gasteiger partial charge on any atom is -0.460 e. The van der Waals surface area contributed by atoms with Crippen LogP contribution in [0.5, 0.6) is 0 Å². The molecule has 0 N–H and O–H groups in total. The van der Waals surface area contributed by atoms with Crippen LogP contribution in [0, 0.1) is 0 Å². The number of aromatic nitrogens is 2. The number of rotatable bonds is 4. The van der Waals surface area contributed by atoms with Crippen molar-refractivity contribution in [1.82, 2.24) is 9.78 Å². The van der Waals surface area contributed by atoms with Crippen LogP contribution in [0.15, 0.2) is 59.4 Å². The first-order valence-corrected chi connectivity index (χ1v) is 8.58. The van der Waals surface area contributed by atoms with E-state index >= 15 is 0 Å². The first-order valence-electron chi connectivity index (χ1n) is 8.58. The molecule has 5 heteroatoms. The lowest BCUT2D eigenvalue weighted by Gasteiger charge is -2.19. The van der Waals surface area contributed by atoms with Gasteiger partial charge in [-0.2, -0.15) is 5.10 Å². The molecular weight excluding hydrogens is 328 g/mol. The van der Waals surface area contributed by atoms with Gasteiger partial charge in [-0.05, 0) is 32.4 Å². The van der Waals surface area contributed by atoms with E-state index in [0.29, 0.717) is 23.0 Å². The van der Waals surface area contributed by atoms with Gasteiger partial charge in [-0.3, -0.25) is 9.59 Å². The van der Waals surface area contributed by atoms with Crippen LogP contribution >= 0.6 is 0 Å². The normalized spacial score (nSPS) is 11.5. The minimum absolute atomic E-state index is 0.0207. The number of benzene rings is 2. The van der Waals surface area contributed by atoms with E-state index in [0.717, 1.165) is 5.56 Å². The van der Waals surface area contributed by atoms with Crippen molar-refractivity contribution in [2.45, 2.75) is 39.3 Å². The summed E-state index contributed by atoms with van der Waals surface area (Å²) in [6.45, 7) is 5.83. The molecule has 2 aromatic carbocycles. The van der Waals surface area contributed by atoms with E-state index in [1.165, 1.54) is 4.68 Å². The van der Waals surface area contributed by atoms with Gasteiger partial charge in [0.15, 0.2) is 0 Å². The maximum Gasteiger partial charge on any atom is 0.312 e. The van der Waals surface area contributed by atoms with Crippen LogP contribution in [-0.4, -0.2) is 21.4 Å². The standard InChI is InChI=1S/C21H22N2O3/c1-21(2,3)26-19(24)13-18-16-11-7-8-12-17(16)20(25)23(22-18)14-15-9-5-4-6-10-15/h4-12H,13-14H2,1-3H3. The Morgan fingerprint density at radius 2 is 1.62 bits per heavy atom. The Morgan fingerprint density at radius 3 is 2.27 bits per heavy atom. The molecule has 0 fully saturated rings. The molecule has 0 bridgehead atoms. The number of nitrogens with zero attached hydrogens (tertiary/aromatic N) is 2. The van der Waals surface area contributed by atoms with Crippen LogP contribution in [0.4, 0.5) is 0 Å². The van der Waals surface area contributed by atoms with E-state index in [4.69, 9.17) is 4.74 Å². The number of esters is 1. The predicted octanol–water partition coefficient (Wildman–Crippen LogP) is 3.33. The predicted molar refractivity (Wildman–Crippen MR) is 101 cm³/mol. The molecule has 0 amide bonds. The van der Waals surface area contributed by atoms with Gasteiger partial charge in [0.1, 0.15) is 5.60 Å². The Balaban J connectivity index is 2.03. The van der Waals surface area contributed by atoms with Gasteiger partial charge in [-0.1, -0.05) is 48.5 Å². The molecule has 1 heterocycles. The van der Waals surface area contributed by atoms with Gasteiger partial charge in [0, 0.05) is 5.39 Å². The number of hydrogen-bond donors (Lipinski definition) is 0. The van der Waals surface area contributed by atoms with Gasteiger partial charge in [-0.25, -0.2) is 4.68 Å². The summed E-state index contributed by atoms with van der Waals surface area (Å²) in [6.07, 6.45) is 0.0207. The third kappa shape index (κ3) is 4.17. The van der Waals surface area contributed by atoms with Crippen LogP contribution in [0.2, 0.25) is 0 Å². The molecule has 0 aliphatic carbocycles. The van der Waals surface area contributed by atoms with Crippen LogP contribution in [0.25, 0.3) is 10.8 Å². The fourth-order valence-corrected chi connectivity index (χ4v) is 2.81. The van der Waals surface area contributed by atoms with Crippen molar-refractivity contribution in [2.75, 3.05) is 0 Å². The zero-order chi connectivity index (χ0) is 18.7. The number of carbonyl (C=O) groups is 1. The summed E-state index contributed by atoms with van der Waals surface area (Å²) in [4.78, 5) is 25.1. The lowest BCUT2D eigenvalue weighted by molar-refractivity contribution is -0.153. The van der Waals surface area contributed by atoms with Crippen molar-refractivity contribution in [2.24, 2.45) is 0 Å². The molecule has 3 aromatic rings. The molecule has 0 aliphatic rings. The van der Waals surface area contributed by atoms with E-state index in [1.807, 2.05) is 69.3 Å². The second-order valence-corrected chi connectivity index (χ2v) is 7.20. The Kier molecular flexibility index (Phi) is 4.89. The maximum absolute atomic E-state index is 12.8. The highest BCUT2D eigenvalue weighted by atomic mass is 16.6. The Hall–Kier alpha value is -2.95. The summed E-state index contributed by atoms with van der Waals surface area (Å²) in [7, 11) is 0. The van der Waals surface area contributed by atoms with Gasteiger partial charge < -0.3 is 4.74 Å². The summed E-state index contributed by atoms with van der Waals surface area (Å²) in [6, 6.07) is 16.9. The topological polar surface area (TPSA) is 61.2 Å². The van der Waals surface area contributed by atoms with Gasteiger partial charge in [0.05, 0.1) is 24.0 Å². The lowest BCUT2D eigenvalue weighted by Crippen LogP contribution is -2.28. The van der Waals surface area contributed by atoms with E-state index in [-0.39, 0.29) is 17.9 Å². The molecule has 26 heavy (non-hydrogen) atoms. The SMILES string of the molecule is CC(C)(C)OC(=O)Cc1nn(Cc2ccccc2)c(=O)c2ccccc12. The second kappa shape index (κ2) is 7.12. The largest absolute Gasteiger partial charge is 0.460 e. The van der Waals surface area contributed by atoms with Crippen LogP contribution in [-0.2, 0) is 22.5 Å². The quantitative estimate of drug-likeness (QED) is 0.677. The molecule has 134 valence electrons. The highest BCUT2D eigenvalue weighted by Gasteiger charge is 2.19. The molecule has 0 aliphatic heterocycles. The zero-order valence-corrected chi connectivity index (χ0v) is 15.2. The number of carbonyl (C=O) groups excluding carboxylic acids is 1. The molecular formula is C21H22N2O3. The third-order valence-electron chi connectivity index (χ3n) is 3.85. The maximum atomic E-state index is 12.8. The van der Waals surface area contributed by atoms with Crippen molar-refractivity contribution >= 4 is 16.7 Å². The molecule has 1 aromatic heterocycles. The molecule has 0 saturated heterocycles. The summed E-state index contributed by atoms with van der Waals surface area (Å²) in [5, 5.41) is 5.71. The average Bonchev–Trinajstić information content (AvgIpc) is 2.58. The van der Waals surface area contributed by atoms with Crippen LogP contribution < -0.4 is 5.56 Å². The molecule has 0 radical (unpaired) electrons. The number of fused-ring (bicyclic) bond motifs is 1. The minimum atomic E-state index is -0.564. The van der Waals surface area contributed by atoms with Gasteiger partial charge in [-0.15, -0.1) is 0 Å². The lowest BCUT2D eigenvalue weighted by atomic mass is 10.1. The fraction of sp³-hybridized carbons (Fsp3) is 0.286. The van der Waals surface area contributed by atoms with Gasteiger partial charge in [0.2, 0.25) is 0 Å². The van der Waals surface area contributed by atoms with Crippen molar-refractivity contribution in [3.63, 3.8) is 0 Å². The molecule has 0 unspecified atom stereocenters. The first kappa shape index (κ1) is 17.9. The van der Waals surface area contributed by atoms with E-state index < -0.39 is 5.60 Å². The first-order chi connectivity index (χ1) is 12.3. The highest BCUT2D eigenvalue weighted by Crippen LogP contribution is 2.16. The molecule has 5 nitrogen and oxygen atoms in total. The van der Waals surface area contributed by atoms with Crippen molar-refractivity contribution in [3.05, 3.63) is 76.2 Å². The Bertz CT molecular complexity index is 986. The summed E-state index contributed by atoms with van der Waals surface area (Å²) >= 11 is 0. The molecule has 0 saturated carbocycles. The number of ether oxygens (including phenoxy) is 1. The third-order valence-corrected chi connectivity index (χ3v) is 3.85. The highest BCUT2D eigenvalue weighted by molar-refractivity contribution is 5.87. The average molecular weight is 350 g/mol. The number of hydrogen-bond acceptors (Lipinski definition) is 4.